The number of pyridine rings is 1. The van der Waals surface area contributed by atoms with Gasteiger partial charge in [0.25, 0.3) is 0 Å². The fourth-order valence-corrected chi connectivity index (χ4v) is 1.84. The van der Waals surface area contributed by atoms with Crippen LogP contribution < -0.4 is 0 Å². The number of hydrogen-bond donors (Lipinski definition) is 1. The molecule has 0 fully saturated rings. The monoisotopic (exact) mass is 262 g/mol. The van der Waals surface area contributed by atoms with E-state index < -0.39 is 0 Å². The van der Waals surface area contributed by atoms with E-state index in [4.69, 9.17) is 9.63 Å². The van der Waals surface area contributed by atoms with Gasteiger partial charge >= 0.3 is 0 Å². The van der Waals surface area contributed by atoms with Gasteiger partial charge in [0.2, 0.25) is 11.7 Å². The fraction of sp³-hybridized carbons (Fsp3) is 0.462. The molecule has 0 atom stereocenters. The van der Waals surface area contributed by atoms with E-state index in [-0.39, 0.29) is 6.61 Å². The molecule has 0 aliphatic carbocycles. The second-order valence-electron chi connectivity index (χ2n) is 4.23. The minimum absolute atomic E-state index is 0.126. The van der Waals surface area contributed by atoms with Crippen molar-refractivity contribution in [2.45, 2.75) is 19.9 Å². The molecule has 0 spiro atoms. The van der Waals surface area contributed by atoms with Gasteiger partial charge < -0.3 is 9.63 Å². The van der Waals surface area contributed by atoms with Crippen LogP contribution >= 0.6 is 0 Å². The SMILES string of the molecule is CCCN(CCO)Cc1nc(-c2ccccn2)no1. The average molecular weight is 262 g/mol. The molecule has 2 rings (SSSR count). The van der Waals surface area contributed by atoms with Gasteiger partial charge in [-0.2, -0.15) is 4.98 Å². The van der Waals surface area contributed by atoms with Crippen LogP contribution in [0.4, 0.5) is 0 Å². The normalized spacial score (nSPS) is 11.1. The maximum absolute atomic E-state index is 9.01. The van der Waals surface area contributed by atoms with Gasteiger partial charge in [0, 0.05) is 12.7 Å². The van der Waals surface area contributed by atoms with Crippen LogP contribution in [0.15, 0.2) is 28.9 Å². The highest BCUT2D eigenvalue weighted by Crippen LogP contribution is 2.12. The first-order valence-corrected chi connectivity index (χ1v) is 6.40. The van der Waals surface area contributed by atoms with E-state index in [1.165, 1.54) is 0 Å². The Balaban J connectivity index is 2.04. The lowest BCUT2D eigenvalue weighted by Gasteiger charge is -2.17. The van der Waals surface area contributed by atoms with E-state index in [1.54, 1.807) is 6.20 Å². The molecule has 0 saturated carbocycles. The number of rotatable bonds is 7. The zero-order valence-corrected chi connectivity index (χ0v) is 11.0. The number of aliphatic hydroxyl groups excluding tert-OH is 1. The van der Waals surface area contributed by atoms with Gasteiger partial charge in [-0.25, -0.2) is 0 Å². The lowest BCUT2D eigenvalue weighted by Crippen LogP contribution is -2.27. The molecule has 0 amide bonds. The molecular weight excluding hydrogens is 244 g/mol. The van der Waals surface area contributed by atoms with Gasteiger partial charge in [0.15, 0.2) is 0 Å². The Bertz CT molecular complexity index is 480. The van der Waals surface area contributed by atoms with Gasteiger partial charge in [-0.1, -0.05) is 18.1 Å². The highest BCUT2D eigenvalue weighted by atomic mass is 16.5. The molecule has 2 aromatic heterocycles. The molecule has 0 radical (unpaired) electrons. The number of aliphatic hydroxyl groups is 1. The fourth-order valence-electron chi connectivity index (χ4n) is 1.84. The zero-order valence-electron chi connectivity index (χ0n) is 11.0. The standard InChI is InChI=1S/C13H18N4O2/c1-2-7-17(8-9-18)10-12-15-13(16-19-12)11-5-3-4-6-14-11/h3-6,18H,2,7-10H2,1H3. The van der Waals surface area contributed by atoms with E-state index in [0.29, 0.717) is 30.5 Å². The summed E-state index contributed by atoms with van der Waals surface area (Å²) in [6.07, 6.45) is 2.71. The summed E-state index contributed by atoms with van der Waals surface area (Å²) in [7, 11) is 0. The van der Waals surface area contributed by atoms with Crippen LogP contribution in [-0.4, -0.2) is 44.8 Å². The third-order valence-electron chi connectivity index (χ3n) is 2.68. The maximum atomic E-state index is 9.01. The van der Waals surface area contributed by atoms with E-state index in [0.717, 1.165) is 13.0 Å². The molecule has 0 aliphatic heterocycles. The predicted molar refractivity (Wildman–Crippen MR) is 70.2 cm³/mol. The first kappa shape index (κ1) is 13.6. The Kier molecular flexibility index (Phi) is 5.00. The third kappa shape index (κ3) is 3.84. The average Bonchev–Trinajstić information content (AvgIpc) is 2.89. The molecule has 6 nitrogen and oxygen atoms in total. The summed E-state index contributed by atoms with van der Waals surface area (Å²) in [5, 5.41) is 12.9. The van der Waals surface area contributed by atoms with Crippen LogP contribution in [0.1, 0.15) is 19.2 Å². The quantitative estimate of drug-likeness (QED) is 0.811. The van der Waals surface area contributed by atoms with Crippen LogP contribution in [0.2, 0.25) is 0 Å². The van der Waals surface area contributed by atoms with Crippen molar-refractivity contribution >= 4 is 0 Å². The second kappa shape index (κ2) is 6.96. The predicted octanol–water partition coefficient (Wildman–Crippen LogP) is 1.34. The summed E-state index contributed by atoms with van der Waals surface area (Å²) < 4.78 is 5.22. The summed E-state index contributed by atoms with van der Waals surface area (Å²) >= 11 is 0. The molecule has 0 bridgehead atoms. The van der Waals surface area contributed by atoms with Gasteiger partial charge in [0.1, 0.15) is 5.69 Å². The summed E-state index contributed by atoms with van der Waals surface area (Å²) in [4.78, 5) is 10.6. The van der Waals surface area contributed by atoms with Crippen molar-refractivity contribution in [3.8, 4) is 11.5 Å². The lowest BCUT2D eigenvalue weighted by atomic mass is 10.3. The molecule has 2 aromatic rings. The smallest absolute Gasteiger partial charge is 0.241 e. The molecule has 19 heavy (non-hydrogen) atoms. The topological polar surface area (TPSA) is 75.3 Å². The molecular formula is C13H18N4O2. The van der Waals surface area contributed by atoms with Gasteiger partial charge in [-0.15, -0.1) is 0 Å². The highest BCUT2D eigenvalue weighted by Gasteiger charge is 2.12. The zero-order chi connectivity index (χ0) is 13.5. The van der Waals surface area contributed by atoms with Gasteiger partial charge in [-0.3, -0.25) is 9.88 Å². The van der Waals surface area contributed by atoms with Crippen LogP contribution in [-0.2, 0) is 6.54 Å². The van der Waals surface area contributed by atoms with Crippen molar-refractivity contribution in [2.75, 3.05) is 19.7 Å². The minimum atomic E-state index is 0.126. The summed E-state index contributed by atoms with van der Waals surface area (Å²) in [6.45, 7) is 4.27. The van der Waals surface area contributed by atoms with Crippen molar-refractivity contribution in [3.05, 3.63) is 30.3 Å². The Labute approximate surface area is 112 Å². The summed E-state index contributed by atoms with van der Waals surface area (Å²) in [6, 6.07) is 5.56. The summed E-state index contributed by atoms with van der Waals surface area (Å²) in [5.74, 6) is 1.04. The van der Waals surface area contributed by atoms with Crippen molar-refractivity contribution in [2.24, 2.45) is 0 Å². The summed E-state index contributed by atoms with van der Waals surface area (Å²) in [5.41, 5.74) is 0.696. The Morgan fingerprint density at radius 3 is 2.89 bits per heavy atom. The molecule has 0 aliphatic rings. The van der Waals surface area contributed by atoms with Crippen molar-refractivity contribution in [1.82, 2.24) is 20.0 Å². The van der Waals surface area contributed by atoms with E-state index >= 15 is 0 Å². The van der Waals surface area contributed by atoms with Gasteiger partial charge in [-0.05, 0) is 25.1 Å². The first-order valence-electron chi connectivity index (χ1n) is 6.40. The van der Waals surface area contributed by atoms with Crippen LogP contribution in [0.25, 0.3) is 11.5 Å². The Morgan fingerprint density at radius 1 is 1.32 bits per heavy atom. The van der Waals surface area contributed by atoms with Crippen LogP contribution in [0, 0.1) is 0 Å². The highest BCUT2D eigenvalue weighted by molar-refractivity contribution is 5.46. The second-order valence-corrected chi connectivity index (χ2v) is 4.23. The van der Waals surface area contributed by atoms with Crippen molar-refractivity contribution in [3.63, 3.8) is 0 Å². The van der Waals surface area contributed by atoms with Crippen molar-refractivity contribution < 1.29 is 9.63 Å². The van der Waals surface area contributed by atoms with Crippen LogP contribution in [0.5, 0.6) is 0 Å². The number of aromatic nitrogens is 3. The molecule has 1 N–H and O–H groups in total. The molecule has 0 unspecified atom stereocenters. The van der Waals surface area contributed by atoms with E-state index in [9.17, 15) is 0 Å². The number of nitrogens with zero attached hydrogens (tertiary/aromatic N) is 4. The van der Waals surface area contributed by atoms with Crippen molar-refractivity contribution in [1.29, 1.82) is 0 Å². The number of hydrogen-bond acceptors (Lipinski definition) is 6. The Morgan fingerprint density at radius 2 is 2.21 bits per heavy atom. The van der Waals surface area contributed by atoms with Gasteiger partial charge in [0.05, 0.1) is 13.2 Å². The lowest BCUT2D eigenvalue weighted by molar-refractivity contribution is 0.174. The molecule has 102 valence electrons. The maximum Gasteiger partial charge on any atom is 0.241 e. The molecule has 6 heteroatoms. The van der Waals surface area contributed by atoms with E-state index in [2.05, 4.69) is 26.9 Å². The molecule has 0 saturated heterocycles. The first-order chi connectivity index (χ1) is 9.33. The van der Waals surface area contributed by atoms with Crippen LogP contribution in [0.3, 0.4) is 0 Å². The third-order valence-corrected chi connectivity index (χ3v) is 2.68. The minimum Gasteiger partial charge on any atom is -0.395 e. The largest absolute Gasteiger partial charge is 0.395 e. The van der Waals surface area contributed by atoms with E-state index in [1.807, 2.05) is 18.2 Å². The Hall–Kier alpha value is -1.79. The molecule has 0 aromatic carbocycles. The molecule has 2 heterocycles.